The van der Waals surface area contributed by atoms with Crippen LogP contribution in [-0.2, 0) is 17.5 Å². The third kappa shape index (κ3) is 4.83. The minimum atomic E-state index is -4.79. The summed E-state index contributed by atoms with van der Waals surface area (Å²) in [6.45, 7) is 2.37. The molecule has 176 valence electrons. The van der Waals surface area contributed by atoms with Crippen LogP contribution >= 0.6 is 11.6 Å². The van der Waals surface area contributed by atoms with E-state index in [0.29, 0.717) is 30.1 Å². The molecule has 0 unspecified atom stereocenters. The monoisotopic (exact) mass is 484 g/mol. The molecular weight excluding hydrogens is 465 g/mol. The van der Waals surface area contributed by atoms with Crippen molar-refractivity contribution in [2.45, 2.75) is 19.6 Å². The molecule has 13 heteroatoms. The predicted octanol–water partition coefficient (Wildman–Crippen LogP) is 2.51. The lowest BCUT2D eigenvalue weighted by Gasteiger charge is -2.37. The van der Waals surface area contributed by atoms with E-state index in [1.54, 1.807) is 25.1 Å². The maximum atomic E-state index is 13.0. The molecule has 0 spiro atoms. The Labute approximate surface area is 192 Å². The van der Waals surface area contributed by atoms with Crippen molar-refractivity contribution in [1.29, 1.82) is 5.26 Å². The van der Waals surface area contributed by atoms with Crippen molar-refractivity contribution in [2.24, 2.45) is 0 Å². The van der Waals surface area contributed by atoms with Crippen LogP contribution in [0.4, 0.5) is 24.7 Å². The van der Waals surface area contributed by atoms with Crippen molar-refractivity contribution >= 4 is 34.8 Å². The Balaban J connectivity index is 1.74. The summed E-state index contributed by atoms with van der Waals surface area (Å²) in [5.41, 5.74) is 5.68. The second-order valence-electron chi connectivity index (χ2n) is 7.35. The number of anilines is 2. The number of hydrogen-bond donors (Lipinski definition) is 1. The van der Waals surface area contributed by atoms with E-state index in [0.717, 1.165) is 4.68 Å². The summed E-state index contributed by atoms with van der Waals surface area (Å²) in [6.07, 6.45) is -4.79. The summed E-state index contributed by atoms with van der Waals surface area (Å²) in [5, 5.41) is 11.7. The largest absolute Gasteiger partial charge is 0.496 e. The number of carbonyl (C=O) groups is 2. The van der Waals surface area contributed by atoms with E-state index in [1.165, 1.54) is 12.0 Å². The number of rotatable bonds is 5. The number of ether oxygens (including phenoxy) is 1. The summed E-state index contributed by atoms with van der Waals surface area (Å²) < 4.78 is 44.9. The van der Waals surface area contributed by atoms with E-state index in [1.807, 2.05) is 4.90 Å². The Hall–Kier alpha value is -3.46. The number of benzene rings is 1. The van der Waals surface area contributed by atoms with Gasteiger partial charge in [-0.25, -0.2) is 4.68 Å². The maximum absolute atomic E-state index is 13.0. The number of methoxy groups -OCH3 is 1. The number of alkyl halides is 3. The van der Waals surface area contributed by atoms with Crippen LogP contribution in [0.1, 0.15) is 21.6 Å². The second-order valence-corrected chi connectivity index (χ2v) is 7.73. The summed E-state index contributed by atoms with van der Waals surface area (Å²) in [6, 6.07) is 4.87. The first-order valence-electron chi connectivity index (χ1n) is 9.72. The van der Waals surface area contributed by atoms with Crippen LogP contribution in [0, 0.1) is 18.3 Å². The van der Waals surface area contributed by atoms with Crippen molar-refractivity contribution in [2.75, 3.05) is 43.9 Å². The number of aryl methyl sites for hydroxylation is 1. The van der Waals surface area contributed by atoms with Gasteiger partial charge in [-0.1, -0.05) is 11.6 Å². The molecule has 0 bridgehead atoms. The molecule has 1 fully saturated rings. The molecule has 1 aliphatic rings. The Kier molecular flexibility index (Phi) is 6.73. The molecule has 1 amide bonds. The predicted molar refractivity (Wildman–Crippen MR) is 113 cm³/mol. The first-order chi connectivity index (χ1) is 15.5. The van der Waals surface area contributed by atoms with E-state index >= 15 is 0 Å². The fraction of sp³-hybridized carbons (Fsp3) is 0.400. The molecule has 3 rings (SSSR count). The molecule has 1 aromatic carbocycles. The van der Waals surface area contributed by atoms with Crippen molar-refractivity contribution < 1.29 is 27.5 Å². The number of aromatic nitrogens is 2. The number of piperazine rings is 1. The SMILES string of the molecule is COc1cc(N2CCN(C(=O)Cn3nc(C(F)(F)F)c(Cl)c3N)CC2)c(C(=O)C#N)cc1C. The van der Waals surface area contributed by atoms with Gasteiger partial charge in [-0.05, 0) is 18.6 Å². The fourth-order valence-electron chi connectivity index (χ4n) is 3.58. The molecule has 0 radical (unpaired) electrons. The van der Waals surface area contributed by atoms with Crippen molar-refractivity contribution in [3.8, 4) is 11.8 Å². The number of hydrogen-bond acceptors (Lipinski definition) is 7. The van der Waals surface area contributed by atoms with Crippen molar-refractivity contribution in [1.82, 2.24) is 14.7 Å². The molecule has 0 atom stereocenters. The highest BCUT2D eigenvalue weighted by Gasteiger charge is 2.39. The summed E-state index contributed by atoms with van der Waals surface area (Å²) in [5.74, 6) is -1.07. The van der Waals surface area contributed by atoms with Crippen LogP contribution in [0.25, 0.3) is 0 Å². The highest BCUT2D eigenvalue weighted by atomic mass is 35.5. The standard InChI is InChI=1S/C20H20ClF3N6O3/c1-11-7-12(14(31)9-25)13(8-15(11)33-2)28-3-5-29(6-4-28)16(32)10-30-19(26)17(21)18(27-30)20(22,23)24/h7-8H,3-6,10,26H2,1-2H3. The third-order valence-corrected chi connectivity index (χ3v) is 5.69. The Morgan fingerprint density at radius 2 is 1.91 bits per heavy atom. The van der Waals surface area contributed by atoms with Gasteiger partial charge >= 0.3 is 6.18 Å². The molecule has 1 aliphatic heterocycles. The number of nitrogens with two attached hydrogens (primary N) is 1. The smallest absolute Gasteiger partial charge is 0.436 e. The number of halogens is 4. The van der Waals surface area contributed by atoms with E-state index < -0.39 is 40.9 Å². The van der Waals surface area contributed by atoms with Crippen LogP contribution < -0.4 is 15.4 Å². The van der Waals surface area contributed by atoms with Gasteiger partial charge in [0.1, 0.15) is 29.2 Å². The van der Waals surface area contributed by atoms with Gasteiger partial charge in [0.2, 0.25) is 5.91 Å². The van der Waals surface area contributed by atoms with Gasteiger partial charge in [0, 0.05) is 32.2 Å². The Morgan fingerprint density at radius 1 is 1.27 bits per heavy atom. The van der Waals surface area contributed by atoms with Gasteiger partial charge < -0.3 is 20.3 Å². The van der Waals surface area contributed by atoms with Gasteiger partial charge in [-0.3, -0.25) is 9.59 Å². The molecule has 33 heavy (non-hydrogen) atoms. The lowest BCUT2D eigenvalue weighted by molar-refractivity contribution is -0.142. The molecule has 9 nitrogen and oxygen atoms in total. The maximum Gasteiger partial charge on any atom is 0.436 e. The Morgan fingerprint density at radius 3 is 2.42 bits per heavy atom. The number of ketones is 1. The van der Waals surface area contributed by atoms with Gasteiger partial charge in [0.05, 0.1) is 18.4 Å². The van der Waals surface area contributed by atoms with Crippen molar-refractivity contribution in [3.63, 3.8) is 0 Å². The molecule has 1 aromatic heterocycles. The van der Waals surface area contributed by atoms with Crippen molar-refractivity contribution in [3.05, 3.63) is 34.0 Å². The quantitative estimate of drug-likeness (QED) is 0.511. The molecule has 2 N–H and O–H groups in total. The van der Waals surface area contributed by atoms with Gasteiger partial charge in [-0.15, -0.1) is 0 Å². The van der Waals surface area contributed by atoms with Crippen LogP contribution in [0.5, 0.6) is 5.75 Å². The zero-order valence-corrected chi connectivity index (χ0v) is 18.5. The van der Waals surface area contributed by atoms with Crippen LogP contribution in [0.2, 0.25) is 5.02 Å². The third-order valence-electron chi connectivity index (χ3n) is 5.32. The van der Waals surface area contributed by atoms with Gasteiger partial charge in [0.25, 0.3) is 5.78 Å². The fourth-order valence-corrected chi connectivity index (χ4v) is 3.82. The molecule has 1 saturated heterocycles. The van der Waals surface area contributed by atoms with E-state index in [-0.39, 0.29) is 18.7 Å². The zero-order chi connectivity index (χ0) is 24.5. The highest BCUT2D eigenvalue weighted by Crippen LogP contribution is 2.36. The first-order valence-corrected chi connectivity index (χ1v) is 10.1. The number of nitrogens with zero attached hydrogens (tertiary/aromatic N) is 5. The average molecular weight is 485 g/mol. The molecule has 2 heterocycles. The lowest BCUT2D eigenvalue weighted by Crippen LogP contribution is -2.50. The summed E-state index contributed by atoms with van der Waals surface area (Å²) in [4.78, 5) is 28.1. The number of Topliss-reactive ketones (excluding diaryl/α,β-unsaturated/α-hetero) is 1. The number of nitrogen functional groups attached to an aromatic ring is 1. The number of nitriles is 1. The number of carbonyl (C=O) groups excluding carboxylic acids is 2. The topological polar surface area (TPSA) is 117 Å². The van der Waals surface area contributed by atoms with E-state index in [2.05, 4.69) is 5.10 Å². The minimum absolute atomic E-state index is 0.231. The minimum Gasteiger partial charge on any atom is -0.496 e. The normalized spacial score (nSPS) is 14.2. The average Bonchev–Trinajstić information content (AvgIpc) is 3.07. The van der Waals surface area contributed by atoms with Crippen LogP contribution in [0.15, 0.2) is 12.1 Å². The highest BCUT2D eigenvalue weighted by molar-refractivity contribution is 6.33. The summed E-state index contributed by atoms with van der Waals surface area (Å²) in [7, 11) is 1.49. The lowest BCUT2D eigenvalue weighted by atomic mass is 10.0. The van der Waals surface area contributed by atoms with E-state index in [9.17, 15) is 22.8 Å². The molecule has 0 saturated carbocycles. The van der Waals surface area contributed by atoms with Crippen LogP contribution in [-0.4, -0.2) is 59.7 Å². The first kappa shape index (κ1) is 24.2. The van der Waals surface area contributed by atoms with Gasteiger partial charge in [0.15, 0.2) is 5.69 Å². The molecule has 0 aliphatic carbocycles. The van der Waals surface area contributed by atoms with Gasteiger partial charge in [-0.2, -0.15) is 23.5 Å². The zero-order valence-electron chi connectivity index (χ0n) is 17.7. The molecule has 2 aromatic rings. The number of amides is 1. The summed E-state index contributed by atoms with van der Waals surface area (Å²) >= 11 is 5.62. The van der Waals surface area contributed by atoms with Crippen LogP contribution in [0.3, 0.4) is 0 Å². The molecular formula is C20H20ClF3N6O3. The Bertz CT molecular complexity index is 1130. The van der Waals surface area contributed by atoms with E-state index in [4.69, 9.17) is 27.3 Å². The second kappa shape index (κ2) is 9.19.